The summed E-state index contributed by atoms with van der Waals surface area (Å²) in [6.45, 7) is 10.7. The van der Waals surface area contributed by atoms with Gasteiger partial charge in [-0.05, 0) is 20.0 Å². The normalized spacial score (nSPS) is 12.9. The van der Waals surface area contributed by atoms with Crippen molar-refractivity contribution in [1.82, 2.24) is 5.09 Å². The van der Waals surface area contributed by atoms with Gasteiger partial charge in [-0.1, -0.05) is 6.92 Å². The summed E-state index contributed by atoms with van der Waals surface area (Å²) in [6.07, 6.45) is 1.05. The van der Waals surface area contributed by atoms with Crippen LogP contribution in [0.4, 0.5) is 0 Å². The molecule has 1 N–H and O–H groups in total. The van der Waals surface area contributed by atoms with Gasteiger partial charge < -0.3 is 18.7 Å². The average Bonchev–Trinajstić information content (AvgIpc) is 2.33. The third-order valence-corrected chi connectivity index (χ3v) is 2.97. The van der Waals surface area contributed by atoms with Crippen molar-refractivity contribution in [2.75, 3.05) is 53.0 Å². The van der Waals surface area contributed by atoms with Crippen molar-refractivity contribution in [2.45, 2.75) is 20.3 Å². The number of hydrogen-bond donors (Lipinski definition) is 1. The minimum absolute atomic E-state index is 0.546. The fraction of sp³-hybridized carbons (Fsp3) is 1.00. The van der Waals surface area contributed by atoms with Crippen LogP contribution in [0, 0.1) is 0 Å². The molecular weight excluding hydrogens is 241 g/mol. The average molecular weight is 267 g/mol. The predicted molar refractivity (Wildman–Crippen MR) is 70.4 cm³/mol. The zero-order valence-corrected chi connectivity index (χ0v) is 12.1. The molecule has 0 bridgehead atoms. The number of rotatable bonds is 13. The molecule has 0 rings (SSSR count). The van der Waals surface area contributed by atoms with Gasteiger partial charge in [-0.2, -0.15) is 0 Å². The molecule has 0 aliphatic heterocycles. The van der Waals surface area contributed by atoms with Gasteiger partial charge in [0.05, 0.1) is 34.7 Å². The maximum Gasteiger partial charge on any atom is 0.101 e. The highest BCUT2D eigenvalue weighted by atomic mass is 31.2. The van der Waals surface area contributed by atoms with Crippen LogP contribution < -0.4 is 5.09 Å². The van der Waals surface area contributed by atoms with Crippen LogP contribution in [0.1, 0.15) is 20.3 Å². The van der Waals surface area contributed by atoms with Crippen LogP contribution in [-0.2, 0) is 18.7 Å². The Bertz CT molecular complexity index is 151. The van der Waals surface area contributed by atoms with Gasteiger partial charge in [-0.25, -0.2) is 0 Å². The lowest BCUT2D eigenvalue weighted by Gasteiger charge is -2.14. The van der Waals surface area contributed by atoms with Gasteiger partial charge in [0.15, 0.2) is 0 Å². The molecule has 1 atom stereocenters. The zero-order chi connectivity index (χ0) is 12.8. The van der Waals surface area contributed by atoms with Gasteiger partial charge in [0.2, 0.25) is 0 Å². The predicted octanol–water partition coefficient (Wildman–Crippen LogP) is 1.97. The molecule has 104 valence electrons. The summed E-state index contributed by atoms with van der Waals surface area (Å²) in [5, 5.41) is 3.14. The standard InChI is InChI=1S/C11H26NO4P/c1-4-6-14-7-8-15-9-10-16-17(3)12-11-13-5-2/h12H,4-11H2,1-3H3. The van der Waals surface area contributed by atoms with E-state index in [4.69, 9.17) is 18.7 Å². The van der Waals surface area contributed by atoms with Gasteiger partial charge in [-0.15, -0.1) is 0 Å². The molecule has 1 unspecified atom stereocenters. The van der Waals surface area contributed by atoms with Crippen LogP contribution >= 0.6 is 8.30 Å². The van der Waals surface area contributed by atoms with E-state index in [1.54, 1.807) is 0 Å². The number of ether oxygens (including phenoxy) is 3. The van der Waals surface area contributed by atoms with Crippen molar-refractivity contribution in [2.24, 2.45) is 0 Å². The molecular formula is C11H26NO4P. The first-order chi connectivity index (χ1) is 8.31. The Labute approximate surface area is 106 Å². The van der Waals surface area contributed by atoms with E-state index < -0.39 is 8.30 Å². The quantitative estimate of drug-likeness (QED) is 0.314. The Hall–Kier alpha value is 0.230. The summed E-state index contributed by atoms with van der Waals surface area (Å²) >= 11 is 0. The fourth-order valence-electron chi connectivity index (χ4n) is 0.984. The maximum absolute atomic E-state index is 5.52. The van der Waals surface area contributed by atoms with Crippen LogP contribution in [0.2, 0.25) is 0 Å². The van der Waals surface area contributed by atoms with Gasteiger partial charge in [-0.3, -0.25) is 5.09 Å². The fourth-order valence-corrected chi connectivity index (χ4v) is 1.70. The molecule has 0 aliphatic carbocycles. The third-order valence-electron chi connectivity index (χ3n) is 1.83. The second-order valence-electron chi connectivity index (χ2n) is 3.35. The highest BCUT2D eigenvalue weighted by Gasteiger charge is 2.00. The van der Waals surface area contributed by atoms with E-state index in [1.165, 1.54) is 0 Å². The monoisotopic (exact) mass is 267 g/mol. The van der Waals surface area contributed by atoms with E-state index in [-0.39, 0.29) is 0 Å². The summed E-state index contributed by atoms with van der Waals surface area (Å²) in [5.74, 6) is 0. The van der Waals surface area contributed by atoms with Crippen molar-refractivity contribution in [3.05, 3.63) is 0 Å². The molecule has 0 aromatic heterocycles. The summed E-state index contributed by atoms with van der Waals surface area (Å²) < 4.78 is 21.3. The zero-order valence-electron chi connectivity index (χ0n) is 11.2. The largest absolute Gasteiger partial charge is 0.379 e. The highest BCUT2D eigenvalue weighted by Crippen LogP contribution is 2.25. The Balaban J connectivity index is 3.05. The Morgan fingerprint density at radius 1 is 0.882 bits per heavy atom. The molecule has 17 heavy (non-hydrogen) atoms. The summed E-state index contributed by atoms with van der Waals surface area (Å²) in [4.78, 5) is 0. The molecule has 0 saturated heterocycles. The van der Waals surface area contributed by atoms with Crippen molar-refractivity contribution >= 4 is 8.30 Å². The summed E-state index contributed by atoms with van der Waals surface area (Å²) in [6, 6.07) is 0. The topological polar surface area (TPSA) is 49.0 Å². The lowest BCUT2D eigenvalue weighted by atomic mass is 10.5. The van der Waals surface area contributed by atoms with E-state index in [2.05, 4.69) is 12.0 Å². The van der Waals surface area contributed by atoms with Crippen LogP contribution in [-0.4, -0.2) is 53.0 Å². The Morgan fingerprint density at radius 2 is 1.53 bits per heavy atom. The van der Waals surface area contributed by atoms with E-state index >= 15 is 0 Å². The van der Waals surface area contributed by atoms with E-state index in [1.807, 2.05) is 13.6 Å². The minimum Gasteiger partial charge on any atom is -0.379 e. The SMILES string of the molecule is CCCOCCOCCOP(C)NCOCC. The van der Waals surface area contributed by atoms with Crippen molar-refractivity contribution in [3.8, 4) is 0 Å². The van der Waals surface area contributed by atoms with E-state index in [0.717, 1.165) is 19.6 Å². The molecule has 0 spiro atoms. The lowest BCUT2D eigenvalue weighted by Crippen LogP contribution is -2.15. The van der Waals surface area contributed by atoms with Crippen LogP contribution in [0.25, 0.3) is 0 Å². The molecule has 0 fully saturated rings. The first-order valence-electron chi connectivity index (χ1n) is 6.14. The number of nitrogens with one attached hydrogen (secondary N) is 1. The first kappa shape index (κ1) is 17.2. The van der Waals surface area contributed by atoms with E-state index in [0.29, 0.717) is 33.2 Å². The van der Waals surface area contributed by atoms with Gasteiger partial charge >= 0.3 is 0 Å². The van der Waals surface area contributed by atoms with Gasteiger partial charge in [0, 0.05) is 13.2 Å². The Kier molecular flexibility index (Phi) is 14.5. The molecule has 0 radical (unpaired) electrons. The molecule has 0 heterocycles. The van der Waals surface area contributed by atoms with Crippen LogP contribution in [0.3, 0.4) is 0 Å². The van der Waals surface area contributed by atoms with Crippen molar-refractivity contribution in [1.29, 1.82) is 0 Å². The van der Waals surface area contributed by atoms with Gasteiger partial charge in [0.1, 0.15) is 6.73 Å². The summed E-state index contributed by atoms with van der Waals surface area (Å²) in [7, 11) is -0.609. The van der Waals surface area contributed by atoms with E-state index in [9.17, 15) is 0 Å². The van der Waals surface area contributed by atoms with Gasteiger partial charge in [0.25, 0.3) is 0 Å². The smallest absolute Gasteiger partial charge is 0.101 e. The highest BCUT2D eigenvalue weighted by molar-refractivity contribution is 7.49. The second-order valence-corrected chi connectivity index (χ2v) is 4.92. The molecule has 5 nitrogen and oxygen atoms in total. The Morgan fingerprint density at radius 3 is 2.18 bits per heavy atom. The molecule has 0 aromatic rings. The third kappa shape index (κ3) is 14.2. The molecule has 6 heteroatoms. The molecule has 0 aromatic carbocycles. The summed E-state index contributed by atoms with van der Waals surface area (Å²) in [5.41, 5.74) is 0. The maximum atomic E-state index is 5.52. The van der Waals surface area contributed by atoms with Crippen molar-refractivity contribution in [3.63, 3.8) is 0 Å². The first-order valence-corrected chi connectivity index (χ1v) is 7.85. The number of hydrogen-bond acceptors (Lipinski definition) is 5. The lowest BCUT2D eigenvalue weighted by molar-refractivity contribution is 0.0375. The van der Waals surface area contributed by atoms with Crippen LogP contribution in [0.5, 0.6) is 0 Å². The minimum atomic E-state index is -0.609. The molecule has 0 amide bonds. The molecule has 0 saturated carbocycles. The second kappa shape index (κ2) is 14.3. The van der Waals surface area contributed by atoms with Crippen LogP contribution in [0.15, 0.2) is 0 Å². The van der Waals surface area contributed by atoms with Crippen molar-refractivity contribution < 1.29 is 18.7 Å². The molecule has 0 aliphatic rings.